The van der Waals surface area contributed by atoms with Gasteiger partial charge in [-0.3, -0.25) is 9.78 Å². The van der Waals surface area contributed by atoms with Crippen molar-refractivity contribution in [2.75, 3.05) is 23.8 Å². The summed E-state index contributed by atoms with van der Waals surface area (Å²) in [5.41, 5.74) is 3.50. The summed E-state index contributed by atoms with van der Waals surface area (Å²) < 4.78 is 0. The Kier molecular flexibility index (Phi) is 6.95. The van der Waals surface area contributed by atoms with E-state index in [0.29, 0.717) is 18.7 Å². The average molecular weight is 388 g/mol. The minimum Gasteiger partial charge on any atom is -0.338 e. The first-order chi connectivity index (χ1) is 14.1. The summed E-state index contributed by atoms with van der Waals surface area (Å²) >= 11 is 0. The van der Waals surface area contributed by atoms with Crippen molar-refractivity contribution in [3.05, 3.63) is 90.3 Å². The van der Waals surface area contributed by atoms with Crippen LogP contribution in [0, 0.1) is 0 Å². The van der Waals surface area contributed by atoms with Crippen molar-refractivity contribution in [1.29, 1.82) is 0 Å². The molecule has 1 heterocycles. The first-order valence-electron chi connectivity index (χ1n) is 9.46. The molecule has 0 saturated carbocycles. The maximum Gasteiger partial charge on any atom is 0.319 e. The summed E-state index contributed by atoms with van der Waals surface area (Å²) in [5.74, 6) is 0.00468. The van der Waals surface area contributed by atoms with Gasteiger partial charge < -0.3 is 15.5 Å². The minimum atomic E-state index is -0.262. The molecule has 1 aromatic heterocycles. The standard InChI is InChI=1S/C23H24N4O2/c1-27(21-7-3-2-4-8-21)22(28)16-18-9-11-20(12-10-18)26-23(29)25-15-13-19-6-5-14-24-17-19/h2-12,14,17H,13,15-16H2,1H3,(H2,25,26,29). The second-order valence-corrected chi connectivity index (χ2v) is 6.65. The maximum absolute atomic E-state index is 12.5. The summed E-state index contributed by atoms with van der Waals surface area (Å²) in [7, 11) is 1.77. The van der Waals surface area contributed by atoms with Crippen LogP contribution in [0.1, 0.15) is 11.1 Å². The molecule has 2 N–H and O–H groups in total. The number of nitrogens with zero attached hydrogens (tertiary/aromatic N) is 2. The Balaban J connectivity index is 1.45. The molecule has 3 aromatic rings. The minimum absolute atomic E-state index is 0.00468. The summed E-state index contributed by atoms with van der Waals surface area (Å²) in [4.78, 5) is 30.2. The summed E-state index contributed by atoms with van der Waals surface area (Å²) in [6.45, 7) is 0.524. The maximum atomic E-state index is 12.5. The number of rotatable bonds is 7. The van der Waals surface area contributed by atoms with E-state index in [0.717, 1.165) is 23.2 Å². The zero-order chi connectivity index (χ0) is 20.5. The van der Waals surface area contributed by atoms with Crippen LogP contribution in [0.4, 0.5) is 16.2 Å². The van der Waals surface area contributed by atoms with E-state index in [-0.39, 0.29) is 11.9 Å². The zero-order valence-corrected chi connectivity index (χ0v) is 16.3. The molecule has 0 bridgehead atoms. The molecule has 6 heteroatoms. The number of amides is 3. The number of urea groups is 1. The fourth-order valence-corrected chi connectivity index (χ4v) is 2.84. The van der Waals surface area contributed by atoms with Crippen LogP contribution in [0.3, 0.4) is 0 Å². The highest BCUT2D eigenvalue weighted by atomic mass is 16.2. The largest absolute Gasteiger partial charge is 0.338 e. The normalized spacial score (nSPS) is 10.2. The van der Waals surface area contributed by atoms with Crippen molar-refractivity contribution in [2.45, 2.75) is 12.8 Å². The number of benzene rings is 2. The zero-order valence-electron chi connectivity index (χ0n) is 16.3. The second kappa shape index (κ2) is 10.0. The molecule has 3 rings (SSSR count). The topological polar surface area (TPSA) is 74.3 Å². The molecular formula is C23H24N4O2. The van der Waals surface area contributed by atoms with Gasteiger partial charge in [0, 0.05) is 37.4 Å². The molecule has 0 aliphatic carbocycles. The number of para-hydroxylation sites is 1. The Morgan fingerprint density at radius 2 is 1.69 bits per heavy atom. The van der Waals surface area contributed by atoms with E-state index in [1.54, 1.807) is 36.5 Å². The van der Waals surface area contributed by atoms with E-state index in [9.17, 15) is 9.59 Å². The van der Waals surface area contributed by atoms with Crippen LogP contribution in [-0.4, -0.2) is 30.5 Å². The van der Waals surface area contributed by atoms with Crippen LogP contribution < -0.4 is 15.5 Å². The highest BCUT2D eigenvalue weighted by molar-refractivity contribution is 5.94. The van der Waals surface area contributed by atoms with Gasteiger partial charge in [0.05, 0.1) is 6.42 Å². The Hall–Kier alpha value is -3.67. The number of carbonyl (C=O) groups is 2. The summed E-state index contributed by atoms with van der Waals surface area (Å²) in [5, 5.41) is 5.62. The van der Waals surface area contributed by atoms with E-state index >= 15 is 0 Å². The Bertz CT molecular complexity index is 928. The second-order valence-electron chi connectivity index (χ2n) is 6.65. The Labute approximate surface area is 170 Å². The molecule has 0 aliphatic heterocycles. The van der Waals surface area contributed by atoms with E-state index in [2.05, 4.69) is 15.6 Å². The van der Waals surface area contributed by atoms with Gasteiger partial charge in [-0.05, 0) is 47.9 Å². The van der Waals surface area contributed by atoms with Crippen molar-refractivity contribution in [3.63, 3.8) is 0 Å². The van der Waals surface area contributed by atoms with Gasteiger partial charge in [-0.2, -0.15) is 0 Å². The first-order valence-corrected chi connectivity index (χ1v) is 9.46. The van der Waals surface area contributed by atoms with Crippen LogP contribution in [0.5, 0.6) is 0 Å². The molecule has 0 aliphatic rings. The lowest BCUT2D eigenvalue weighted by molar-refractivity contribution is -0.117. The van der Waals surface area contributed by atoms with Crippen LogP contribution in [0.15, 0.2) is 79.1 Å². The highest BCUT2D eigenvalue weighted by Gasteiger charge is 2.11. The van der Waals surface area contributed by atoms with Gasteiger partial charge in [-0.15, -0.1) is 0 Å². The number of likely N-dealkylation sites (N-methyl/N-ethyl adjacent to an activating group) is 1. The molecule has 3 amide bonds. The van der Waals surface area contributed by atoms with Gasteiger partial charge in [-0.25, -0.2) is 4.79 Å². The van der Waals surface area contributed by atoms with Crippen LogP contribution in [-0.2, 0) is 17.6 Å². The molecule has 6 nitrogen and oxygen atoms in total. The van der Waals surface area contributed by atoms with Gasteiger partial charge in [0.2, 0.25) is 5.91 Å². The van der Waals surface area contributed by atoms with Gasteiger partial charge in [0.15, 0.2) is 0 Å². The third-order valence-electron chi connectivity index (χ3n) is 4.51. The van der Waals surface area contributed by atoms with Gasteiger partial charge >= 0.3 is 6.03 Å². The number of hydrogen-bond acceptors (Lipinski definition) is 3. The fraction of sp³-hybridized carbons (Fsp3) is 0.174. The van der Waals surface area contributed by atoms with Crippen molar-refractivity contribution in [1.82, 2.24) is 10.3 Å². The lowest BCUT2D eigenvalue weighted by Gasteiger charge is -2.17. The first kappa shape index (κ1) is 20.1. The van der Waals surface area contributed by atoms with Gasteiger partial charge in [-0.1, -0.05) is 36.4 Å². The van der Waals surface area contributed by atoms with E-state index in [1.165, 1.54) is 0 Å². The molecule has 148 valence electrons. The lowest BCUT2D eigenvalue weighted by Crippen LogP contribution is -2.30. The lowest BCUT2D eigenvalue weighted by atomic mass is 10.1. The predicted octanol–water partition coefficient (Wildman–Crippen LogP) is 3.65. The predicted molar refractivity (Wildman–Crippen MR) is 115 cm³/mol. The number of anilines is 2. The third-order valence-corrected chi connectivity index (χ3v) is 4.51. The molecular weight excluding hydrogens is 364 g/mol. The average Bonchev–Trinajstić information content (AvgIpc) is 2.76. The molecule has 0 saturated heterocycles. The van der Waals surface area contributed by atoms with Crippen molar-refractivity contribution >= 4 is 23.3 Å². The molecule has 0 spiro atoms. The number of hydrogen-bond donors (Lipinski definition) is 2. The van der Waals surface area contributed by atoms with Crippen molar-refractivity contribution in [3.8, 4) is 0 Å². The molecule has 2 aromatic carbocycles. The quantitative estimate of drug-likeness (QED) is 0.649. The molecule has 0 unspecified atom stereocenters. The third kappa shape index (κ3) is 6.17. The Morgan fingerprint density at radius 1 is 0.931 bits per heavy atom. The summed E-state index contributed by atoms with van der Waals surface area (Å²) in [6, 6.07) is 20.4. The van der Waals surface area contributed by atoms with Crippen LogP contribution >= 0.6 is 0 Å². The fourth-order valence-electron chi connectivity index (χ4n) is 2.84. The summed E-state index contributed by atoms with van der Waals surface area (Å²) in [6.07, 6.45) is 4.52. The SMILES string of the molecule is CN(C(=O)Cc1ccc(NC(=O)NCCc2cccnc2)cc1)c1ccccc1. The van der Waals surface area contributed by atoms with E-state index < -0.39 is 0 Å². The number of aromatic nitrogens is 1. The number of carbonyl (C=O) groups excluding carboxylic acids is 2. The van der Waals surface area contributed by atoms with E-state index in [1.807, 2.05) is 54.6 Å². The molecule has 29 heavy (non-hydrogen) atoms. The molecule has 0 radical (unpaired) electrons. The number of nitrogens with one attached hydrogen (secondary N) is 2. The van der Waals surface area contributed by atoms with Crippen LogP contribution in [0.2, 0.25) is 0 Å². The Morgan fingerprint density at radius 3 is 2.38 bits per heavy atom. The van der Waals surface area contributed by atoms with Crippen LogP contribution in [0.25, 0.3) is 0 Å². The number of pyridine rings is 1. The van der Waals surface area contributed by atoms with Crippen molar-refractivity contribution in [2.24, 2.45) is 0 Å². The monoisotopic (exact) mass is 388 g/mol. The molecule has 0 fully saturated rings. The molecule has 0 atom stereocenters. The van der Waals surface area contributed by atoms with Gasteiger partial charge in [0.1, 0.15) is 0 Å². The smallest absolute Gasteiger partial charge is 0.319 e. The highest BCUT2D eigenvalue weighted by Crippen LogP contribution is 2.15. The van der Waals surface area contributed by atoms with Crippen molar-refractivity contribution < 1.29 is 9.59 Å². The van der Waals surface area contributed by atoms with E-state index in [4.69, 9.17) is 0 Å². The van der Waals surface area contributed by atoms with Gasteiger partial charge in [0.25, 0.3) is 0 Å².